The molecule has 4 heteroatoms. The van der Waals surface area contributed by atoms with E-state index in [4.69, 9.17) is 10.8 Å². The molecule has 0 aliphatic carbocycles. The van der Waals surface area contributed by atoms with E-state index in [9.17, 15) is 4.79 Å². The summed E-state index contributed by atoms with van der Waals surface area (Å²) in [6.07, 6.45) is 0.801. The fourth-order valence-corrected chi connectivity index (χ4v) is 1.57. The minimum absolute atomic E-state index is 0.0281. The Bertz CT molecular complexity index is 174. The molecular formula is C9H18N2O2. The average Bonchev–Trinajstić information content (AvgIpc) is 2.04. The van der Waals surface area contributed by atoms with Gasteiger partial charge in [-0.05, 0) is 6.42 Å². The number of carbonyl (C=O) groups is 1. The molecule has 76 valence electrons. The van der Waals surface area contributed by atoms with E-state index < -0.39 is 0 Å². The van der Waals surface area contributed by atoms with Crippen LogP contribution in [0.5, 0.6) is 0 Å². The fourth-order valence-electron chi connectivity index (χ4n) is 1.57. The van der Waals surface area contributed by atoms with Crippen LogP contribution in [-0.2, 0) is 4.79 Å². The van der Waals surface area contributed by atoms with E-state index in [0.717, 1.165) is 6.42 Å². The summed E-state index contributed by atoms with van der Waals surface area (Å²) in [5.74, 6) is 0.411. The highest BCUT2D eigenvalue weighted by molar-refractivity contribution is 5.79. The maximum atomic E-state index is 11.6. The third-order valence-corrected chi connectivity index (χ3v) is 2.65. The first-order valence-electron chi connectivity index (χ1n) is 4.82. The third-order valence-electron chi connectivity index (χ3n) is 2.65. The van der Waals surface area contributed by atoms with E-state index in [1.54, 1.807) is 4.90 Å². The van der Waals surface area contributed by atoms with Gasteiger partial charge in [0.05, 0.1) is 5.92 Å². The molecule has 1 amide bonds. The van der Waals surface area contributed by atoms with Gasteiger partial charge in [-0.3, -0.25) is 4.79 Å². The molecule has 0 radical (unpaired) electrons. The minimum atomic E-state index is -0.0281. The summed E-state index contributed by atoms with van der Waals surface area (Å²) < 4.78 is 0. The Morgan fingerprint density at radius 1 is 1.69 bits per heavy atom. The van der Waals surface area contributed by atoms with Gasteiger partial charge in [-0.15, -0.1) is 0 Å². The van der Waals surface area contributed by atoms with Crippen molar-refractivity contribution in [1.29, 1.82) is 0 Å². The monoisotopic (exact) mass is 186 g/mol. The van der Waals surface area contributed by atoms with Crippen LogP contribution in [0.4, 0.5) is 0 Å². The summed E-state index contributed by atoms with van der Waals surface area (Å²) in [5, 5.41) is 8.78. The number of amides is 1. The summed E-state index contributed by atoms with van der Waals surface area (Å²) in [5.41, 5.74) is 5.47. The minimum Gasteiger partial charge on any atom is -0.396 e. The van der Waals surface area contributed by atoms with E-state index >= 15 is 0 Å². The van der Waals surface area contributed by atoms with Gasteiger partial charge < -0.3 is 15.7 Å². The molecule has 0 aromatic heterocycles. The second-order valence-electron chi connectivity index (χ2n) is 3.63. The number of nitrogens with two attached hydrogens (primary N) is 1. The van der Waals surface area contributed by atoms with Gasteiger partial charge in [-0.1, -0.05) is 6.92 Å². The predicted molar refractivity (Wildman–Crippen MR) is 50.0 cm³/mol. The molecule has 1 atom stereocenters. The molecule has 3 N–H and O–H groups in total. The van der Waals surface area contributed by atoms with Crippen molar-refractivity contribution >= 4 is 5.91 Å². The van der Waals surface area contributed by atoms with E-state index in [-0.39, 0.29) is 18.4 Å². The summed E-state index contributed by atoms with van der Waals surface area (Å²) >= 11 is 0. The highest BCUT2D eigenvalue weighted by atomic mass is 16.3. The van der Waals surface area contributed by atoms with Crippen molar-refractivity contribution in [2.45, 2.75) is 13.3 Å². The lowest BCUT2D eigenvalue weighted by Gasteiger charge is -2.40. The molecule has 0 saturated carbocycles. The number of rotatable bonds is 4. The van der Waals surface area contributed by atoms with Crippen LogP contribution < -0.4 is 5.73 Å². The molecule has 0 bridgehead atoms. The van der Waals surface area contributed by atoms with Crippen molar-refractivity contribution in [3.05, 3.63) is 0 Å². The Morgan fingerprint density at radius 3 is 2.69 bits per heavy atom. The van der Waals surface area contributed by atoms with E-state index in [1.807, 2.05) is 6.92 Å². The van der Waals surface area contributed by atoms with Gasteiger partial charge in [0.25, 0.3) is 0 Å². The van der Waals surface area contributed by atoms with Gasteiger partial charge in [0.2, 0.25) is 5.91 Å². The number of aliphatic hydroxyl groups is 1. The van der Waals surface area contributed by atoms with Gasteiger partial charge in [0, 0.05) is 32.2 Å². The van der Waals surface area contributed by atoms with Gasteiger partial charge >= 0.3 is 0 Å². The topological polar surface area (TPSA) is 66.6 Å². The number of hydrogen-bond donors (Lipinski definition) is 2. The quantitative estimate of drug-likeness (QED) is 0.617. The summed E-state index contributed by atoms with van der Waals surface area (Å²) in [6, 6.07) is 0. The number of likely N-dealkylation sites (tertiary alicyclic amines) is 1. The first-order valence-corrected chi connectivity index (χ1v) is 4.82. The van der Waals surface area contributed by atoms with Gasteiger partial charge in [-0.2, -0.15) is 0 Å². The first-order chi connectivity index (χ1) is 6.22. The highest BCUT2D eigenvalue weighted by Crippen LogP contribution is 2.18. The van der Waals surface area contributed by atoms with E-state index in [2.05, 4.69) is 0 Å². The Balaban J connectivity index is 2.33. The van der Waals surface area contributed by atoms with Crippen LogP contribution in [0.1, 0.15) is 13.3 Å². The maximum Gasteiger partial charge on any atom is 0.226 e. The molecule has 1 fully saturated rings. The zero-order valence-electron chi connectivity index (χ0n) is 8.07. The van der Waals surface area contributed by atoms with Gasteiger partial charge in [0.15, 0.2) is 0 Å². The molecule has 1 rings (SSSR count). The molecule has 13 heavy (non-hydrogen) atoms. The van der Waals surface area contributed by atoms with Crippen LogP contribution in [-0.4, -0.2) is 42.2 Å². The zero-order valence-corrected chi connectivity index (χ0v) is 8.07. The smallest absolute Gasteiger partial charge is 0.226 e. The van der Waals surface area contributed by atoms with Crippen molar-refractivity contribution in [2.24, 2.45) is 17.6 Å². The van der Waals surface area contributed by atoms with Crippen LogP contribution in [0.15, 0.2) is 0 Å². The number of aliphatic hydroxyl groups excluding tert-OH is 1. The Kier molecular flexibility index (Phi) is 3.69. The van der Waals surface area contributed by atoms with Gasteiger partial charge in [0.1, 0.15) is 0 Å². The molecular weight excluding hydrogens is 168 g/mol. The predicted octanol–water partition coefficient (Wildman–Crippen LogP) is -0.578. The Morgan fingerprint density at radius 2 is 2.31 bits per heavy atom. The molecule has 1 heterocycles. The lowest BCUT2D eigenvalue weighted by molar-refractivity contribution is -0.142. The largest absolute Gasteiger partial charge is 0.396 e. The van der Waals surface area contributed by atoms with Crippen molar-refractivity contribution in [2.75, 3.05) is 26.2 Å². The summed E-state index contributed by atoms with van der Waals surface area (Å²) in [7, 11) is 0. The summed E-state index contributed by atoms with van der Waals surface area (Å²) in [4.78, 5) is 13.4. The van der Waals surface area contributed by atoms with Crippen LogP contribution in [0.2, 0.25) is 0 Å². The lowest BCUT2D eigenvalue weighted by Crippen LogP contribution is -2.54. The normalized spacial score (nSPS) is 19.8. The first kappa shape index (κ1) is 10.5. The molecule has 1 unspecified atom stereocenters. The van der Waals surface area contributed by atoms with Crippen molar-refractivity contribution in [1.82, 2.24) is 4.90 Å². The summed E-state index contributed by atoms with van der Waals surface area (Å²) in [6.45, 7) is 3.98. The molecule has 1 saturated heterocycles. The SMILES string of the molecule is CCC(CN)C(=O)N1CC(CO)C1. The lowest BCUT2D eigenvalue weighted by atomic mass is 9.97. The number of hydrogen-bond acceptors (Lipinski definition) is 3. The Hall–Kier alpha value is -0.610. The van der Waals surface area contributed by atoms with Crippen LogP contribution in [0.25, 0.3) is 0 Å². The Labute approximate surface area is 78.7 Å². The third kappa shape index (κ3) is 2.19. The van der Waals surface area contributed by atoms with Crippen molar-refractivity contribution in [3.63, 3.8) is 0 Å². The standard InChI is InChI=1S/C9H18N2O2/c1-2-8(3-10)9(13)11-4-7(5-11)6-12/h7-8,12H,2-6,10H2,1H3. The molecule has 1 aliphatic rings. The molecule has 0 spiro atoms. The molecule has 0 aromatic rings. The maximum absolute atomic E-state index is 11.6. The van der Waals surface area contributed by atoms with Crippen LogP contribution in [0, 0.1) is 11.8 Å². The van der Waals surface area contributed by atoms with E-state index in [1.165, 1.54) is 0 Å². The molecule has 4 nitrogen and oxygen atoms in total. The van der Waals surface area contributed by atoms with Crippen molar-refractivity contribution in [3.8, 4) is 0 Å². The molecule has 0 aromatic carbocycles. The number of carbonyl (C=O) groups excluding carboxylic acids is 1. The van der Waals surface area contributed by atoms with Crippen molar-refractivity contribution < 1.29 is 9.90 Å². The van der Waals surface area contributed by atoms with Crippen LogP contribution in [0.3, 0.4) is 0 Å². The average molecular weight is 186 g/mol. The fraction of sp³-hybridized carbons (Fsp3) is 0.889. The van der Waals surface area contributed by atoms with Gasteiger partial charge in [-0.25, -0.2) is 0 Å². The van der Waals surface area contributed by atoms with Crippen LogP contribution >= 0.6 is 0 Å². The zero-order chi connectivity index (χ0) is 9.84. The molecule has 1 aliphatic heterocycles. The second kappa shape index (κ2) is 4.58. The highest BCUT2D eigenvalue weighted by Gasteiger charge is 2.32. The van der Waals surface area contributed by atoms with E-state index in [0.29, 0.717) is 25.6 Å². The number of nitrogens with zero attached hydrogens (tertiary/aromatic N) is 1. The second-order valence-corrected chi connectivity index (χ2v) is 3.63.